The first kappa shape index (κ1) is 25.7. The molecule has 1 aromatic carbocycles. The van der Waals surface area contributed by atoms with Gasteiger partial charge in [0.1, 0.15) is 18.7 Å². The molecule has 0 bridgehead atoms. The molecule has 35 heavy (non-hydrogen) atoms. The quantitative estimate of drug-likeness (QED) is 0.561. The van der Waals surface area contributed by atoms with Crippen molar-refractivity contribution in [3.63, 3.8) is 0 Å². The summed E-state index contributed by atoms with van der Waals surface area (Å²) in [6.07, 6.45) is 8.22. The van der Waals surface area contributed by atoms with E-state index in [4.69, 9.17) is 4.74 Å². The number of rotatable bonds is 9. The number of likely N-dealkylation sites (tertiary alicyclic amines) is 2. The van der Waals surface area contributed by atoms with E-state index in [-0.39, 0.29) is 18.1 Å². The summed E-state index contributed by atoms with van der Waals surface area (Å²) < 4.78 is 5.52. The number of piperidine rings is 1. The average Bonchev–Trinajstić information content (AvgIpc) is 3.33. The van der Waals surface area contributed by atoms with Crippen molar-refractivity contribution in [3.05, 3.63) is 48.2 Å². The number of methoxy groups -OCH3 is 1. The number of nitrogens with zero attached hydrogens (tertiary/aromatic N) is 4. The van der Waals surface area contributed by atoms with Crippen molar-refractivity contribution in [2.24, 2.45) is 4.99 Å². The van der Waals surface area contributed by atoms with E-state index in [0.717, 1.165) is 31.9 Å². The zero-order valence-corrected chi connectivity index (χ0v) is 21.2. The lowest BCUT2D eigenvalue weighted by molar-refractivity contribution is -0.136. The third kappa shape index (κ3) is 7.06. The van der Waals surface area contributed by atoms with E-state index in [1.807, 2.05) is 35.4 Å². The molecule has 0 spiro atoms. The van der Waals surface area contributed by atoms with Gasteiger partial charge in [-0.2, -0.15) is 0 Å². The molecule has 2 saturated heterocycles. The van der Waals surface area contributed by atoms with Crippen LogP contribution in [0, 0.1) is 0 Å². The Balaban J connectivity index is 1.16. The van der Waals surface area contributed by atoms with E-state index in [9.17, 15) is 9.90 Å². The SMILES string of the molecule is CO[C@@H]1CCCN1CCNC1=NCN(CC2(O)CCN(C(=O)CC(C)c3ccccc3)CC2)C=C1. The number of carbonyl (C=O) groups excluding carboxylic acids is 1. The van der Waals surface area contributed by atoms with Crippen molar-refractivity contribution in [2.75, 3.05) is 53.0 Å². The number of amidine groups is 1. The van der Waals surface area contributed by atoms with Crippen molar-refractivity contribution in [3.8, 4) is 0 Å². The van der Waals surface area contributed by atoms with Crippen LogP contribution in [-0.2, 0) is 9.53 Å². The van der Waals surface area contributed by atoms with Gasteiger partial charge in [-0.3, -0.25) is 9.69 Å². The highest BCUT2D eigenvalue weighted by molar-refractivity contribution is 5.93. The van der Waals surface area contributed by atoms with Crippen molar-refractivity contribution in [1.82, 2.24) is 20.0 Å². The van der Waals surface area contributed by atoms with Gasteiger partial charge < -0.3 is 25.0 Å². The molecule has 1 aromatic rings. The molecule has 3 aliphatic rings. The summed E-state index contributed by atoms with van der Waals surface area (Å²) in [6.45, 7) is 7.22. The lowest BCUT2D eigenvalue weighted by Gasteiger charge is -2.41. The summed E-state index contributed by atoms with van der Waals surface area (Å²) in [5.41, 5.74) is 0.397. The fraction of sp³-hybridized carbons (Fsp3) is 0.630. The number of hydrogen-bond acceptors (Lipinski definition) is 7. The first-order valence-corrected chi connectivity index (χ1v) is 13.0. The molecule has 2 N–H and O–H groups in total. The Labute approximate surface area is 209 Å². The summed E-state index contributed by atoms with van der Waals surface area (Å²) in [4.78, 5) is 23.8. The highest BCUT2D eigenvalue weighted by Gasteiger charge is 2.35. The summed E-state index contributed by atoms with van der Waals surface area (Å²) in [5, 5.41) is 14.6. The maximum atomic E-state index is 12.8. The van der Waals surface area contributed by atoms with Gasteiger partial charge in [-0.15, -0.1) is 0 Å². The highest BCUT2D eigenvalue weighted by atomic mass is 16.5. The number of β-amino-alcohol motifs (C(OH)–C–C–N with tert-alkyl or cyclic N) is 1. The van der Waals surface area contributed by atoms with E-state index in [1.165, 1.54) is 12.0 Å². The van der Waals surface area contributed by atoms with Gasteiger partial charge in [-0.1, -0.05) is 37.3 Å². The number of aliphatic hydroxyl groups is 1. The van der Waals surface area contributed by atoms with E-state index < -0.39 is 5.60 Å². The molecule has 8 heteroatoms. The van der Waals surface area contributed by atoms with Crippen LogP contribution in [-0.4, -0.2) is 96.4 Å². The Morgan fingerprint density at radius 3 is 2.71 bits per heavy atom. The second kappa shape index (κ2) is 12.0. The predicted molar refractivity (Wildman–Crippen MR) is 138 cm³/mol. The van der Waals surface area contributed by atoms with Gasteiger partial charge >= 0.3 is 0 Å². The first-order valence-electron chi connectivity index (χ1n) is 13.0. The molecule has 0 aromatic heterocycles. The van der Waals surface area contributed by atoms with E-state index >= 15 is 0 Å². The number of benzene rings is 1. The Bertz CT molecular complexity index is 882. The van der Waals surface area contributed by atoms with E-state index in [2.05, 4.69) is 39.2 Å². The largest absolute Gasteiger partial charge is 0.388 e. The molecule has 0 aliphatic carbocycles. The lowest BCUT2D eigenvalue weighted by Crippen LogP contribution is -2.51. The van der Waals surface area contributed by atoms with Crippen molar-refractivity contribution in [2.45, 2.75) is 56.8 Å². The summed E-state index contributed by atoms with van der Waals surface area (Å²) in [7, 11) is 1.78. The molecular weight excluding hydrogens is 442 g/mol. The molecule has 0 saturated carbocycles. The molecule has 2 atom stereocenters. The van der Waals surface area contributed by atoms with Crippen LogP contribution in [0.5, 0.6) is 0 Å². The molecule has 4 rings (SSSR count). The predicted octanol–water partition coefficient (Wildman–Crippen LogP) is 2.38. The third-order valence-corrected chi connectivity index (χ3v) is 7.54. The molecule has 1 amide bonds. The van der Waals surface area contributed by atoms with E-state index in [1.54, 1.807) is 7.11 Å². The fourth-order valence-corrected chi connectivity index (χ4v) is 5.31. The van der Waals surface area contributed by atoms with Crippen LogP contribution in [0.25, 0.3) is 0 Å². The number of carbonyl (C=O) groups is 1. The summed E-state index contributed by atoms with van der Waals surface area (Å²) >= 11 is 0. The van der Waals surface area contributed by atoms with Crippen LogP contribution < -0.4 is 5.32 Å². The van der Waals surface area contributed by atoms with Crippen molar-refractivity contribution < 1.29 is 14.6 Å². The van der Waals surface area contributed by atoms with Crippen LogP contribution in [0.1, 0.15) is 50.5 Å². The summed E-state index contributed by atoms with van der Waals surface area (Å²) in [5.74, 6) is 1.25. The van der Waals surface area contributed by atoms with Crippen LogP contribution in [0.2, 0.25) is 0 Å². The highest BCUT2D eigenvalue weighted by Crippen LogP contribution is 2.26. The van der Waals surface area contributed by atoms with Gasteiger partial charge in [-0.05, 0) is 43.2 Å². The number of hydrogen-bond donors (Lipinski definition) is 2. The number of nitrogens with one attached hydrogen (secondary N) is 1. The normalized spacial score (nSPS) is 23.3. The Hall–Kier alpha value is -2.42. The Morgan fingerprint density at radius 1 is 1.26 bits per heavy atom. The smallest absolute Gasteiger partial charge is 0.223 e. The van der Waals surface area contributed by atoms with Crippen molar-refractivity contribution in [1.29, 1.82) is 0 Å². The molecule has 0 radical (unpaired) electrons. The zero-order chi connectivity index (χ0) is 24.7. The maximum Gasteiger partial charge on any atom is 0.223 e. The van der Waals surface area contributed by atoms with Gasteiger partial charge in [0.05, 0.1) is 5.60 Å². The minimum Gasteiger partial charge on any atom is -0.388 e. The van der Waals surface area contributed by atoms with Crippen molar-refractivity contribution >= 4 is 11.7 Å². The van der Waals surface area contributed by atoms with Gasteiger partial charge in [0.15, 0.2) is 0 Å². The lowest BCUT2D eigenvalue weighted by atomic mass is 9.90. The van der Waals surface area contributed by atoms with Gasteiger partial charge in [0, 0.05) is 59.0 Å². The van der Waals surface area contributed by atoms with Gasteiger partial charge in [0.25, 0.3) is 0 Å². The Morgan fingerprint density at radius 2 is 2.03 bits per heavy atom. The number of amides is 1. The standard InChI is InChI=1S/C27H41N5O3/c1-22(23-7-4-3-5-8-23)19-25(33)31-16-11-27(34,12-17-31)20-30-15-10-24(29-21-30)28-13-18-32-14-6-9-26(32)35-2/h3-5,7-8,10,15,22,26,34H,6,9,11-14,16-21H2,1-2H3,(H,28,29)/t22?,26-/m1/s1. The average molecular weight is 484 g/mol. The third-order valence-electron chi connectivity index (χ3n) is 7.54. The topological polar surface area (TPSA) is 80.6 Å². The minimum atomic E-state index is -0.794. The molecular formula is C27H41N5O3. The summed E-state index contributed by atoms with van der Waals surface area (Å²) in [6, 6.07) is 10.2. The monoisotopic (exact) mass is 483 g/mol. The van der Waals surface area contributed by atoms with Crippen LogP contribution in [0.3, 0.4) is 0 Å². The van der Waals surface area contributed by atoms with Crippen LogP contribution in [0.15, 0.2) is 47.6 Å². The molecule has 8 nitrogen and oxygen atoms in total. The second-order valence-corrected chi connectivity index (χ2v) is 10.2. The minimum absolute atomic E-state index is 0.173. The first-order chi connectivity index (χ1) is 17.0. The zero-order valence-electron chi connectivity index (χ0n) is 21.2. The molecule has 192 valence electrons. The van der Waals surface area contributed by atoms with Gasteiger partial charge in [-0.25, -0.2) is 4.99 Å². The fourth-order valence-electron chi connectivity index (χ4n) is 5.31. The maximum absolute atomic E-state index is 12.8. The number of aliphatic imine (C=N–C) groups is 1. The van der Waals surface area contributed by atoms with Gasteiger partial charge in [0.2, 0.25) is 5.91 Å². The molecule has 2 fully saturated rings. The Kier molecular flexibility index (Phi) is 8.81. The molecule has 1 unspecified atom stereocenters. The number of ether oxygens (including phenoxy) is 1. The van der Waals surface area contributed by atoms with E-state index in [0.29, 0.717) is 45.6 Å². The molecule has 3 aliphatic heterocycles. The van der Waals surface area contributed by atoms with Crippen LogP contribution >= 0.6 is 0 Å². The molecule has 3 heterocycles. The van der Waals surface area contributed by atoms with Crippen LogP contribution in [0.4, 0.5) is 0 Å². The second-order valence-electron chi connectivity index (χ2n) is 10.2.